The molecule has 7 nitrogen and oxygen atoms in total. The second-order valence-corrected chi connectivity index (χ2v) is 6.97. The van der Waals surface area contributed by atoms with E-state index in [2.05, 4.69) is 5.32 Å². The van der Waals surface area contributed by atoms with E-state index in [0.29, 0.717) is 37.6 Å². The number of rotatable bonds is 5. The third-order valence-electron chi connectivity index (χ3n) is 4.85. The highest BCUT2D eigenvalue weighted by molar-refractivity contribution is 6.31. The summed E-state index contributed by atoms with van der Waals surface area (Å²) in [6.07, 6.45) is 0. The predicted octanol–water partition coefficient (Wildman–Crippen LogP) is 3.54. The van der Waals surface area contributed by atoms with Crippen molar-refractivity contribution in [2.24, 2.45) is 0 Å². The summed E-state index contributed by atoms with van der Waals surface area (Å²) in [5.41, 5.74) is 1.10. The van der Waals surface area contributed by atoms with E-state index < -0.39 is 11.9 Å². The van der Waals surface area contributed by atoms with Crippen LogP contribution in [-0.4, -0.2) is 48.0 Å². The molecule has 0 bridgehead atoms. The number of nitrogens with one attached hydrogen (secondary N) is 1. The first-order valence-corrected chi connectivity index (χ1v) is 9.23. The average Bonchev–Trinajstić information content (AvgIpc) is 2.70. The summed E-state index contributed by atoms with van der Waals surface area (Å²) in [5.74, 6) is -0.763. The second kappa shape index (κ2) is 8.53. The van der Waals surface area contributed by atoms with Gasteiger partial charge in [0.25, 0.3) is 5.69 Å². The Balaban J connectivity index is 1.60. The van der Waals surface area contributed by atoms with Gasteiger partial charge in [-0.15, -0.1) is 0 Å². The number of para-hydroxylation sites is 2. The normalized spacial score (nSPS) is 15.9. The first kappa shape index (κ1) is 20.0. The molecule has 1 aliphatic rings. The Morgan fingerprint density at radius 2 is 1.89 bits per heavy atom. The maximum absolute atomic E-state index is 13.2. The first-order valence-electron chi connectivity index (χ1n) is 8.85. The second-order valence-electron chi connectivity index (χ2n) is 6.56. The monoisotopic (exact) mass is 406 g/mol. The van der Waals surface area contributed by atoms with E-state index in [0.717, 1.165) is 0 Å². The average molecular weight is 407 g/mol. The minimum atomic E-state index is -0.543. The van der Waals surface area contributed by atoms with E-state index in [4.69, 9.17) is 11.6 Å². The van der Waals surface area contributed by atoms with E-state index in [9.17, 15) is 19.3 Å². The highest BCUT2D eigenvalue weighted by Crippen LogP contribution is 2.28. The molecule has 0 aliphatic carbocycles. The van der Waals surface area contributed by atoms with E-state index in [1.165, 1.54) is 24.3 Å². The zero-order chi connectivity index (χ0) is 20.3. The number of hydrogen-bond donors (Lipinski definition) is 1. The van der Waals surface area contributed by atoms with E-state index in [1.54, 1.807) is 25.1 Å². The maximum Gasteiger partial charge on any atom is 0.292 e. The number of hydrogen-bond acceptors (Lipinski definition) is 5. The van der Waals surface area contributed by atoms with Gasteiger partial charge >= 0.3 is 0 Å². The lowest BCUT2D eigenvalue weighted by Gasteiger charge is -2.38. The summed E-state index contributed by atoms with van der Waals surface area (Å²) in [5, 5.41) is 13.9. The zero-order valence-electron chi connectivity index (χ0n) is 15.3. The lowest BCUT2D eigenvalue weighted by Crippen LogP contribution is -2.53. The summed E-state index contributed by atoms with van der Waals surface area (Å²) in [6.45, 7) is 4.12. The van der Waals surface area contributed by atoms with Crippen molar-refractivity contribution in [1.29, 1.82) is 0 Å². The van der Waals surface area contributed by atoms with Gasteiger partial charge in [-0.05, 0) is 31.2 Å². The molecular weight excluding hydrogens is 387 g/mol. The van der Waals surface area contributed by atoms with Crippen molar-refractivity contribution in [1.82, 2.24) is 4.90 Å². The Morgan fingerprint density at radius 1 is 1.21 bits per heavy atom. The minimum Gasteiger partial charge on any atom is -0.363 e. The van der Waals surface area contributed by atoms with Crippen molar-refractivity contribution >= 4 is 34.6 Å². The zero-order valence-corrected chi connectivity index (χ0v) is 16.0. The predicted molar refractivity (Wildman–Crippen MR) is 106 cm³/mol. The van der Waals surface area contributed by atoms with Gasteiger partial charge < -0.3 is 10.2 Å². The Kier molecular flexibility index (Phi) is 6.11. The largest absolute Gasteiger partial charge is 0.363 e. The number of carbonyl (C=O) groups excluding carboxylic acids is 1. The van der Waals surface area contributed by atoms with Crippen LogP contribution in [0.15, 0.2) is 42.5 Å². The molecule has 28 heavy (non-hydrogen) atoms. The van der Waals surface area contributed by atoms with Gasteiger partial charge in [0.05, 0.1) is 16.0 Å². The molecule has 0 radical (unpaired) electrons. The van der Waals surface area contributed by atoms with Gasteiger partial charge in [-0.1, -0.05) is 23.7 Å². The van der Waals surface area contributed by atoms with Gasteiger partial charge in [0.2, 0.25) is 5.91 Å². The van der Waals surface area contributed by atoms with Crippen LogP contribution in [0.5, 0.6) is 0 Å². The molecule has 148 valence electrons. The molecule has 3 rings (SSSR count). The smallest absolute Gasteiger partial charge is 0.292 e. The van der Waals surface area contributed by atoms with Crippen LogP contribution in [0.3, 0.4) is 0 Å². The van der Waals surface area contributed by atoms with Crippen LogP contribution in [0.25, 0.3) is 0 Å². The topological polar surface area (TPSA) is 78.7 Å². The van der Waals surface area contributed by atoms with Crippen LogP contribution in [0.1, 0.15) is 6.92 Å². The van der Waals surface area contributed by atoms with Gasteiger partial charge in [-0.3, -0.25) is 19.8 Å². The van der Waals surface area contributed by atoms with Crippen molar-refractivity contribution in [3.8, 4) is 0 Å². The van der Waals surface area contributed by atoms with Gasteiger partial charge in [0.15, 0.2) is 0 Å². The minimum absolute atomic E-state index is 0.0523. The number of piperazine rings is 1. The van der Waals surface area contributed by atoms with Gasteiger partial charge in [0, 0.05) is 37.9 Å². The molecular formula is C19H20ClFN4O3. The number of amides is 1. The molecule has 1 saturated heterocycles. The fourth-order valence-electron chi connectivity index (χ4n) is 3.22. The van der Waals surface area contributed by atoms with E-state index >= 15 is 0 Å². The highest BCUT2D eigenvalue weighted by atomic mass is 35.5. The van der Waals surface area contributed by atoms with Crippen LogP contribution in [-0.2, 0) is 4.79 Å². The number of nitro benzene ring substituents is 1. The molecule has 2 aromatic carbocycles. The van der Waals surface area contributed by atoms with Gasteiger partial charge in [0.1, 0.15) is 11.5 Å². The molecule has 1 fully saturated rings. The van der Waals surface area contributed by atoms with E-state index in [1.807, 2.05) is 9.80 Å². The molecule has 1 unspecified atom stereocenters. The van der Waals surface area contributed by atoms with Crippen molar-refractivity contribution in [3.63, 3.8) is 0 Å². The highest BCUT2D eigenvalue weighted by Gasteiger charge is 2.28. The maximum atomic E-state index is 13.2. The molecule has 9 heteroatoms. The molecule has 1 atom stereocenters. The van der Waals surface area contributed by atoms with Gasteiger partial charge in [-0.25, -0.2) is 4.39 Å². The summed E-state index contributed by atoms with van der Waals surface area (Å²) in [7, 11) is 0. The van der Waals surface area contributed by atoms with Crippen molar-refractivity contribution in [2.75, 3.05) is 36.4 Å². The fourth-order valence-corrected chi connectivity index (χ4v) is 3.40. The van der Waals surface area contributed by atoms with Crippen LogP contribution >= 0.6 is 11.6 Å². The SMILES string of the molecule is CC(C(=O)Nc1ccc(F)c(Cl)c1)N1CCN(c2ccccc2[N+](=O)[O-])CC1. The number of nitrogens with zero attached hydrogens (tertiary/aromatic N) is 3. The Labute approximate surface area is 166 Å². The van der Waals surface area contributed by atoms with Crippen LogP contribution in [0.2, 0.25) is 5.02 Å². The van der Waals surface area contributed by atoms with Crippen molar-refractivity contribution in [2.45, 2.75) is 13.0 Å². The molecule has 1 amide bonds. The number of carbonyl (C=O) groups is 1. The van der Waals surface area contributed by atoms with Crippen molar-refractivity contribution in [3.05, 3.63) is 63.4 Å². The summed E-state index contributed by atoms with van der Waals surface area (Å²) >= 11 is 5.74. The Bertz CT molecular complexity index is 887. The lowest BCUT2D eigenvalue weighted by molar-refractivity contribution is -0.384. The van der Waals surface area contributed by atoms with Crippen molar-refractivity contribution < 1.29 is 14.1 Å². The number of anilines is 2. The third-order valence-corrected chi connectivity index (χ3v) is 5.14. The van der Waals surface area contributed by atoms with Crippen LogP contribution in [0, 0.1) is 15.9 Å². The van der Waals surface area contributed by atoms with Crippen LogP contribution in [0.4, 0.5) is 21.5 Å². The molecule has 0 saturated carbocycles. The molecule has 1 N–H and O–H groups in total. The molecule has 1 heterocycles. The molecule has 0 aromatic heterocycles. The first-order chi connectivity index (χ1) is 13.4. The molecule has 1 aliphatic heterocycles. The van der Waals surface area contributed by atoms with Gasteiger partial charge in [-0.2, -0.15) is 0 Å². The van der Waals surface area contributed by atoms with E-state index in [-0.39, 0.29) is 21.5 Å². The fraction of sp³-hybridized carbons (Fsp3) is 0.316. The summed E-state index contributed by atoms with van der Waals surface area (Å²) in [6, 6.07) is 10.3. The third kappa shape index (κ3) is 4.40. The number of nitro groups is 1. The number of benzene rings is 2. The van der Waals surface area contributed by atoms with Crippen LogP contribution < -0.4 is 10.2 Å². The Hall–Kier alpha value is -2.71. The molecule has 2 aromatic rings. The standard InChI is InChI=1S/C19H20ClFN4O3/c1-13(19(26)22-14-6-7-16(21)15(20)12-14)23-8-10-24(11-9-23)17-4-2-3-5-18(17)25(27)28/h2-7,12-13H,8-11H2,1H3,(H,22,26). The Morgan fingerprint density at radius 3 is 2.54 bits per heavy atom. The summed E-state index contributed by atoms with van der Waals surface area (Å²) < 4.78 is 13.2. The lowest BCUT2D eigenvalue weighted by atomic mass is 10.1. The number of halogens is 2. The molecule has 0 spiro atoms. The quantitative estimate of drug-likeness (QED) is 0.607. The summed E-state index contributed by atoms with van der Waals surface area (Å²) in [4.78, 5) is 27.3.